The van der Waals surface area contributed by atoms with Crippen LogP contribution in [0.25, 0.3) is 11.8 Å². The Balaban J connectivity index is 1.85. The zero-order chi connectivity index (χ0) is 29.3. The molecule has 0 radical (unpaired) electrons. The van der Waals surface area contributed by atoms with E-state index < -0.39 is 22.5 Å². The minimum absolute atomic E-state index is 0.0714. The molecule has 41 heavy (non-hydrogen) atoms. The fourth-order valence-corrected chi connectivity index (χ4v) is 5.98. The molecule has 0 fully saturated rings. The van der Waals surface area contributed by atoms with Crippen LogP contribution < -0.4 is 19.6 Å². The number of ether oxygens (including phenoxy) is 2. The summed E-state index contributed by atoms with van der Waals surface area (Å²) in [6.07, 6.45) is 1.37. The zero-order valence-corrected chi connectivity index (χ0v) is 24.1. The summed E-state index contributed by atoms with van der Waals surface area (Å²) in [7, 11) is 1.52. The normalized spacial score (nSPS) is 14.8. The number of aromatic nitrogens is 1. The molecule has 0 saturated heterocycles. The Morgan fingerprint density at radius 1 is 1.20 bits per heavy atom. The molecule has 0 amide bonds. The molecule has 0 bridgehead atoms. The van der Waals surface area contributed by atoms with E-state index in [1.165, 1.54) is 29.9 Å². The molecular weight excluding hydrogens is 614 g/mol. The van der Waals surface area contributed by atoms with Crippen molar-refractivity contribution in [3.63, 3.8) is 0 Å². The SMILES string of the molecule is CCOC(=O)C1=C(c2ccccc2)N=c2s/c(=C\c3cc([N+](=O)[O-])cc(Br)c3O)c(=O)n2[C@@H]1c1cccc(OC)c1. The topological polar surface area (TPSA) is 133 Å². The Hall–Kier alpha value is -4.55. The van der Waals surface area contributed by atoms with Crippen molar-refractivity contribution in [2.24, 2.45) is 4.99 Å². The van der Waals surface area contributed by atoms with Crippen LogP contribution >= 0.6 is 27.3 Å². The second kappa shape index (κ2) is 11.5. The van der Waals surface area contributed by atoms with Crippen molar-refractivity contribution in [2.45, 2.75) is 13.0 Å². The average molecular weight is 636 g/mol. The van der Waals surface area contributed by atoms with Crippen molar-refractivity contribution < 1.29 is 24.3 Å². The number of nitro groups is 1. The van der Waals surface area contributed by atoms with Gasteiger partial charge in [-0.25, -0.2) is 9.79 Å². The summed E-state index contributed by atoms with van der Waals surface area (Å²) in [4.78, 5) is 43.4. The molecule has 1 N–H and O–H groups in total. The van der Waals surface area contributed by atoms with Gasteiger partial charge in [-0.05, 0) is 46.6 Å². The number of hydrogen-bond acceptors (Lipinski definition) is 9. The molecule has 2 heterocycles. The smallest absolute Gasteiger partial charge is 0.338 e. The summed E-state index contributed by atoms with van der Waals surface area (Å²) < 4.78 is 12.5. The molecule has 208 valence electrons. The lowest BCUT2D eigenvalue weighted by Gasteiger charge is -2.26. The number of rotatable bonds is 7. The number of benzene rings is 3. The first-order valence-corrected chi connectivity index (χ1v) is 13.9. The van der Waals surface area contributed by atoms with Gasteiger partial charge >= 0.3 is 5.97 Å². The summed E-state index contributed by atoms with van der Waals surface area (Å²) >= 11 is 4.17. The first-order chi connectivity index (χ1) is 19.7. The lowest BCUT2D eigenvalue weighted by Crippen LogP contribution is -2.40. The highest BCUT2D eigenvalue weighted by atomic mass is 79.9. The monoisotopic (exact) mass is 635 g/mol. The van der Waals surface area contributed by atoms with Crippen LogP contribution in [0.2, 0.25) is 0 Å². The van der Waals surface area contributed by atoms with Crippen LogP contribution in [0.15, 0.2) is 86.6 Å². The Morgan fingerprint density at radius 3 is 2.63 bits per heavy atom. The largest absolute Gasteiger partial charge is 0.506 e. The number of phenolic OH excluding ortho intramolecular Hbond substituents is 1. The summed E-state index contributed by atoms with van der Waals surface area (Å²) in [5.74, 6) is -0.363. The fraction of sp³-hybridized carbons (Fsp3) is 0.138. The van der Waals surface area contributed by atoms with Crippen LogP contribution in [0, 0.1) is 10.1 Å². The molecule has 1 aliphatic rings. The van der Waals surface area contributed by atoms with Crippen LogP contribution in [0.4, 0.5) is 5.69 Å². The Kier molecular flexibility index (Phi) is 7.86. The van der Waals surface area contributed by atoms with Gasteiger partial charge in [0.1, 0.15) is 11.5 Å². The van der Waals surface area contributed by atoms with E-state index in [4.69, 9.17) is 14.5 Å². The molecule has 0 saturated carbocycles. The van der Waals surface area contributed by atoms with Gasteiger partial charge in [-0.1, -0.05) is 53.8 Å². The third kappa shape index (κ3) is 5.31. The van der Waals surface area contributed by atoms with Crippen LogP contribution in [0.3, 0.4) is 0 Å². The van der Waals surface area contributed by atoms with Gasteiger partial charge < -0.3 is 14.6 Å². The van der Waals surface area contributed by atoms with Gasteiger partial charge in [-0.15, -0.1) is 0 Å². The number of aromatic hydroxyl groups is 1. The maximum Gasteiger partial charge on any atom is 0.338 e. The number of non-ortho nitro benzene ring substituents is 1. The number of hydrogen-bond donors (Lipinski definition) is 1. The van der Waals surface area contributed by atoms with E-state index in [9.17, 15) is 24.8 Å². The van der Waals surface area contributed by atoms with Crippen molar-refractivity contribution in [2.75, 3.05) is 13.7 Å². The van der Waals surface area contributed by atoms with Crippen molar-refractivity contribution in [3.05, 3.63) is 123 Å². The third-order valence-corrected chi connectivity index (χ3v) is 7.95. The van der Waals surface area contributed by atoms with Crippen molar-refractivity contribution >= 4 is 50.7 Å². The fourth-order valence-electron chi connectivity index (χ4n) is 4.53. The van der Waals surface area contributed by atoms with E-state index >= 15 is 0 Å². The molecule has 1 atom stereocenters. The van der Waals surface area contributed by atoms with Gasteiger partial charge in [0.15, 0.2) is 4.80 Å². The van der Waals surface area contributed by atoms with E-state index in [-0.39, 0.29) is 38.2 Å². The molecule has 1 aliphatic heterocycles. The van der Waals surface area contributed by atoms with E-state index in [0.29, 0.717) is 27.4 Å². The predicted molar refractivity (Wildman–Crippen MR) is 157 cm³/mol. The van der Waals surface area contributed by atoms with Gasteiger partial charge in [-0.3, -0.25) is 19.5 Å². The number of halogens is 1. The minimum Gasteiger partial charge on any atom is -0.506 e. The highest BCUT2D eigenvalue weighted by Crippen LogP contribution is 2.36. The molecule has 0 spiro atoms. The van der Waals surface area contributed by atoms with Gasteiger partial charge in [0.25, 0.3) is 11.2 Å². The third-order valence-electron chi connectivity index (χ3n) is 6.36. The van der Waals surface area contributed by atoms with Gasteiger partial charge in [-0.2, -0.15) is 0 Å². The Labute approximate surface area is 245 Å². The number of carbonyl (C=O) groups excluding carboxylic acids is 1. The molecule has 0 unspecified atom stereocenters. The molecule has 5 rings (SSSR count). The number of esters is 1. The molecular formula is C29H22BrN3O7S. The predicted octanol–water partition coefficient (Wildman–Crippen LogP) is 4.32. The van der Waals surface area contributed by atoms with Gasteiger partial charge in [0, 0.05) is 23.3 Å². The van der Waals surface area contributed by atoms with E-state index in [1.807, 2.05) is 30.3 Å². The van der Waals surface area contributed by atoms with Crippen LogP contribution in [-0.4, -0.2) is 34.3 Å². The molecule has 3 aromatic carbocycles. The zero-order valence-electron chi connectivity index (χ0n) is 21.7. The number of phenols is 1. The summed E-state index contributed by atoms with van der Waals surface area (Å²) in [6, 6.07) is 17.6. The second-order valence-electron chi connectivity index (χ2n) is 8.83. The van der Waals surface area contributed by atoms with Crippen LogP contribution in [0.1, 0.15) is 29.7 Å². The van der Waals surface area contributed by atoms with Gasteiger partial charge in [0.05, 0.1) is 45.0 Å². The highest BCUT2D eigenvalue weighted by Gasteiger charge is 2.35. The summed E-state index contributed by atoms with van der Waals surface area (Å²) in [6.45, 7) is 1.81. The van der Waals surface area contributed by atoms with E-state index in [2.05, 4.69) is 15.9 Å². The Morgan fingerprint density at radius 2 is 1.95 bits per heavy atom. The molecule has 0 aliphatic carbocycles. The maximum absolute atomic E-state index is 14.0. The number of fused-ring (bicyclic) bond motifs is 1. The second-order valence-corrected chi connectivity index (χ2v) is 10.7. The van der Waals surface area contributed by atoms with Gasteiger partial charge in [0.2, 0.25) is 0 Å². The first kappa shape index (κ1) is 28.0. The number of nitrogens with zero attached hydrogens (tertiary/aromatic N) is 3. The molecule has 4 aromatic rings. The van der Waals surface area contributed by atoms with Crippen LogP contribution in [0.5, 0.6) is 11.5 Å². The minimum atomic E-state index is -0.928. The van der Waals surface area contributed by atoms with E-state index in [0.717, 1.165) is 11.3 Å². The molecule has 10 nitrogen and oxygen atoms in total. The van der Waals surface area contributed by atoms with Crippen molar-refractivity contribution in [1.82, 2.24) is 4.57 Å². The quantitative estimate of drug-likeness (QED) is 0.182. The summed E-state index contributed by atoms with van der Waals surface area (Å²) in [5, 5.41) is 22.0. The average Bonchev–Trinajstić information content (AvgIpc) is 3.29. The van der Waals surface area contributed by atoms with Crippen LogP contribution in [-0.2, 0) is 9.53 Å². The standard InChI is InChI=1S/C29H22BrN3O7S/c1-3-40-28(36)23-24(16-8-5-4-6-9-16)31-29-32(25(23)17-10-7-11-20(13-17)39-2)27(35)22(41-29)14-18-12-19(33(37)38)15-21(30)26(18)34/h4-15,25,34H,3H2,1-2H3/b22-14-/t25-/m1/s1. The molecule has 1 aromatic heterocycles. The van der Waals surface area contributed by atoms with E-state index in [1.54, 1.807) is 31.2 Å². The number of methoxy groups -OCH3 is 1. The highest BCUT2D eigenvalue weighted by molar-refractivity contribution is 9.10. The Bertz CT molecular complexity index is 1900. The lowest BCUT2D eigenvalue weighted by atomic mass is 9.93. The first-order valence-electron chi connectivity index (χ1n) is 12.3. The lowest BCUT2D eigenvalue weighted by molar-refractivity contribution is -0.385. The summed E-state index contributed by atoms with van der Waals surface area (Å²) in [5.41, 5.74) is 1.07. The van der Waals surface area contributed by atoms with Crippen molar-refractivity contribution in [1.29, 1.82) is 0 Å². The molecule has 12 heteroatoms. The number of thiazole rings is 1. The number of carbonyl (C=O) groups is 1. The maximum atomic E-state index is 14.0. The van der Waals surface area contributed by atoms with Crippen molar-refractivity contribution in [3.8, 4) is 11.5 Å². The number of nitro benzene ring substituents is 1.